The first kappa shape index (κ1) is 17.7. The molecule has 0 amide bonds. The van der Waals surface area contributed by atoms with E-state index in [1.54, 1.807) is 25.4 Å². The number of benzene rings is 1. The Morgan fingerprint density at radius 3 is 2.59 bits per heavy atom. The Hall–Kier alpha value is -2.74. The van der Waals surface area contributed by atoms with Gasteiger partial charge in [-0.15, -0.1) is 0 Å². The Morgan fingerprint density at radius 2 is 1.93 bits per heavy atom. The summed E-state index contributed by atoms with van der Waals surface area (Å²) in [4.78, 5) is 20.7. The maximum absolute atomic E-state index is 12.4. The Morgan fingerprint density at radius 1 is 1.22 bits per heavy atom. The molecular formula is C19H19N3O4S. The van der Waals surface area contributed by atoms with Crippen molar-refractivity contribution in [2.75, 3.05) is 12.9 Å². The molecule has 0 aliphatic heterocycles. The lowest BCUT2D eigenvalue weighted by atomic mass is 10.0. The molecule has 1 fully saturated rings. The zero-order chi connectivity index (χ0) is 19.2. The van der Waals surface area contributed by atoms with Gasteiger partial charge in [0.1, 0.15) is 5.69 Å². The molecule has 0 radical (unpaired) electrons. The summed E-state index contributed by atoms with van der Waals surface area (Å²) in [5.74, 6) is 0.933. The average Bonchev–Trinajstić information content (AvgIpc) is 3.47. The van der Waals surface area contributed by atoms with Crippen LogP contribution in [0.4, 0.5) is 0 Å². The van der Waals surface area contributed by atoms with Gasteiger partial charge in [0.15, 0.2) is 5.75 Å². The normalized spacial score (nSPS) is 14.4. The molecule has 1 saturated carbocycles. The third-order valence-corrected chi connectivity index (χ3v) is 5.44. The minimum absolute atomic E-state index is 0.132. The van der Waals surface area contributed by atoms with E-state index in [-0.39, 0.29) is 10.7 Å². The van der Waals surface area contributed by atoms with E-state index in [0.717, 1.165) is 19.1 Å². The highest BCUT2D eigenvalue weighted by Crippen LogP contribution is 2.35. The number of nitrogens with zero attached hydrogens (tertiary/aromatic N) is 3. The summed E-state index contributed by atoms with van der Waals surface area (Å²) < 4.78 is 31.3. The Kier molecular flexibility index (Phi) is 4.22. The quantitative estimate of drug-likeness (QED) is 0.625. The fraction of sp³-hybridized carbons (Fsp3) is 0.316. The van der Waals surface area contributed by atoms with Crippen molar-refractivity contribution in [2.24, 2.45) is 13.0 Å². The van der Waals surface area contributed by atoms with Crippen LogP contribution < -0.4 is 10.3 Å². The van der Waals surface area contributed by atoms with Crippen LogP contribution in [-0.4, -0.2) is 35.8 Å². The van der Waals surface area contributed by atoms with Gasteiger partial charge in [-0.1, -0.05) is 18.2 Å². The van der Waals surface area contributed by atoms with Crippen LogP contribution >= 0.6 is 0 Å². The molecule has 1 aliphatic rings. The second kappa shape index (κ2) is 6.45. The number of aromatic nitrogens is 3. The minimum Gasteiger partial charge on any atom is -0.489 e. The van der Waals surface area contributed by atoms with Crippen LogP contribution in [0, 0.1) is 5.92 Å². The van der Waals surface area contributed by atoms with Gasteiger partial charge in [-0.2, -0.15) is 0 Å². The fourth-order valence-corrected chi connectivity index (χ4v) is 3.43. The highest BCUT2D eigenvalue weighted by atomic mass is 32.2. The van der Waals surface area contributed by atoms with E-state index >= 15 is 0 Å². The number of hydrogen-bond acceptors (Lipinski definition) is 6. The highest BCUT2D eigenvalue weighted by molar-refractivity contribution is 7.90. The summed E-state index contributed by atoms with van der Waals surface area (Å²) in [6.45, 7) is 0.540. The van der Waals surface area contributed by atoms with Gasteiger partial charge in [0.25, 0.3) is 5.56 Å². The van der Waals surface area contributed by atoms with E-state index < -0.39 is 9.84 Å². The molecule has 1 aromatic carbocycles. The zero-order valence-corrected chi connectivity index (χ0v) is 15.9. The van der Waals surface area contributed by atoms with Crippen LogP contribution in [0.15, 0.2) is 46.6 Å². The predicted molar refractivity (Wildman–Crippen MR) is 102 cm³/mol. The Bertz CT molecular complexity index is 1200. The number of ether oxygens (including phenoxy) is 1. The molecule has 0 N–H and O–H groups in total. The smallest absolute Gasteiger partial charge is 0.258 e. The van der Waals surface area contributed by atoms with E-state index in [0.29, 0.717) is 40.3 Å². The summed E-state index contributed by atoms with van der Waals surface area (Å²) in [5, 5.41) is 0.953. The summed E-state index contributed by atoms with van der Waals surface area (Å²) in [6.07, 6.45) is 6.38. The molecule has 0 atom stereocenters. The third-order valence-electron chi connectivity index (χ3n) is 4.58. The molecular weight excluding hydrogens is 366 g/mol. The molecule has 140 valence electrons. The van der Waals surface area contributed by atoms with Crippen molar-refractivity contribution < 1.29 is 13.2 Å². The number of hydrogen-bond donors (Lipinski definition) is 0. The molecule has 8 heteroatoms. The number of rotatable bonds is 5. The van der Waals surface area contributed by atoms with Crippen LogP contribution in [0.2, 0.25) is 0 Å². The summed E-state index contributed by atoms with van der Waals surface area (Å²) in [6, 6.07) is 7.18. The summed E-state index contributed by atoms with van der Waals surface area (Å²) >= 11 is 0. The van der Waals surface area contributed by atoms with Crippen molar-refractivity contribution >= 4 is 20.6 Å². The molecule has 0 saturated heterocycles. The number of sulfone groups is 1. The van der Waals surface area contributed by atoms with Gasteiger partial charge in [0.05, 0.1) is 12.8 Å². The van der Waals surface area contributed by atoms with Crippen molar-refractivity contribution in [3.8, 4) is 17.0 Å². The number of fused-ring (bicyclic) bond motifs is 1. The van der Waals surface area contributed by atoms with Crippen molar-refractivity contribution in [1.29, 1.82) is 0 Å². The largest absolute Gasteiger partial charge is 0.489 e. The molecule has 27 heavy (non-hydrogen) atoms. The van der Waals surface area contributed by atoms with E-state index in [1.165, 1.54) is 10.8 Å². The second-order valence-electron chi connectivity index (χ2n) is 6.90. The molecule has 0 spiro atoms. The lowest BCUT2D eigenvalue weighted by molar-refractivity contribution is 0.298. The molecule has 2 aromatic heterocycles. The average molecular weight is 385 g/mol. The first-order valence-electron chi connectivity index (χ1n) is 8.63. The van der Waals surface area contributed by atoms with Crippen molar-refractivity contribution in [3.63, 3.8) is 0 Å². The van der Waals surface area contributed by atoms with Gasteiger partial charge in [-0.3, -0.25) is 4.79 Å². The zero-order valence-electron chi connectivity index (χ0n) is 15.0. The van der Waals surface area contributed by atoms with Crippen LogP contribution in [0.3, 0.4) is 0 Å². The Labute approximate surface area is 156 Å². The predicted octanol–water partition coefficient (Wildman–Crippen LogP) is 2.19. The number of pyridine rings is 1. The number of aryl methyl sites for hydroxylation is 1. The molecule has 1 aliphatic carbocycles. The summed E-state index contributed by atoms with van der Waals surface area (Å²) in [7, 11) is -1.93. The van der Waals surface area contributed by atoms with Gasteiger partial charge in [0.2, 0.25) is 15.0 Å². The van der Waals surface area contributed by atoms with E-state index in [2.05, 4.69) is 9.97 Å². The van der Waals surface area contributed by atoms with Gasteiger partial charge < -0.3 is 9.30 Å². The maximum atomic E-state index is 12.4. The van der Waals surface area contributed by atoms with Gasteiger partial charge in [0, 0.05) is 30.4 Å². The topological polar surface area (TPSA) is 91.2 Å². The molecule has 0 bridgehead atoms. The standard InChI is InChI=1S/C19H19N3O4S/c1-22-10-15(13-5-3-4-6-14(13)18(22)23)17-16(26-11-12-7-8-12)9-20-19(21-17)27(2,24)25/h3-6,9-10,12H,7-8,11H2,1-2H3. The SMILES string of the molecule is Cn1cc(-c2nc(S(C)(=O)=O)ncc2OCC2CC2)c2ccccc2c1=O. The molecule has 7 nitrogen and oxygen atoms in total. The molecule has 2 heterocycles. The van der Waals surface area contributed by atoms with E-state index in [9.17, 15) is 13.2 Å². The van der Waals surface area contributed by atoms with E-state index in [4.69, 9.17) is 4.74 Å². The van der Waals surface area contributed by atoms with Crippen LogP contribution in [-0.2, 0) is 16.9 Å². The first-order valence-corrected chi connectivity index (χ1v) is 10.5. The van der Waals surface area contributed by atoms with E-state index in [1.807, 2.05) is 12.1 Å². The second-order valence-corrected chi connectivity index (χ2v) is 8.81. The maximum Gasteiger partial charge on any atom is 0.258 e. The van der Waals surface area contributed by atoms with Gasteiger partial charge in [-0.05, 0) is 30.2 Å². The van der Waals surface area contributed by atoms with Gasteiger partial charge in [-0.25, -0.2) is 18.4 Å². The first-order chi connectivity index (χ1) is 12.8. The van der Waals surface area contributed by atoms with Crippen molar-refractivity contribution in [1.82, 2.24) is 14.5 Å². The highest BCUT2D eigenvalue weighted by Gasteiger charge is 2.24. The summed E-state index contributed by atoms with van der Waals surface area (Å²) in [5.41, 5.74) is 0.871. The van der Waals surface area contributed by atoms with Crippen LogP contribution in [0.5, 0.6) is 5.75 Å². The lowest BCUT2D eigenvalue weighted by Gasteiger charge is -2.14. The molecule has 3 aromatic rings. The Balaban J connectivity index is 1.97. The van der Waals surface area contributed by atoms with Crippen LogP contribution in [0.25, 0.3) is 22.0 Å². The van der Waals surface area contributed by atoms with Crippen LogP contribution in [0.1, 0.15) is 12.8 Å². The van der Waals surface area contributed by atoms with Gasteiger partial charge >= 0.3 is 0 Å². The van der Waals surface area contributed by atoms with Crippen molar-refractivity contribution in [2.45, 2.75) is 18.0 Å². The fourth-order valence-electron chi connectivity index (χ4n) is 2.93. The molecule has 4 rings (SSSR count). The monoisotopic (exact) mass is 385 g/mol. The third kappa shape index (κ3) is 3.44. The minimum atomic E-state index is -3.59. The lowest BCUT2D eigenvalue weighted by Crippen LogP contribution is -2.17. The van der Waals surface area contributed by atoms with Crippen molar-refractivity contribution in [3.05, 3.63) is 47.0 Å². The molecule has 0 unspecified atom stereocenters.